The summed E-state index contributed by atoms with van der Waals surface area (Å²) in [7, 11) is 0. The lowest BCUT2D eigenvalue weighted by Gasteiger charge is -2.39. The van der Waals surface area contributed by atoms with Gasteiger partial charge in [0.25, 0.3) is 0 Å². The number of nitrogens with two attached hydrogens (primary N) is 1. The molecule has 2 atom stereocenters. The largest absolute Gasteiger partial charge is 0.433 e. The van der Waals surface area contributed by atoms with Crippen LogP contribution in [0.2, 0.25) is 0 Å². The van der Waals surface area contributed by atoms with Gasteiger partial charge in [0.1, 0.15) is 10.7 Å². The Kier molecular flexibility index (Phi) is 4.21. The first-order valence-electron chi connectivity index (χ1n) is 6.72. The molecule has 0 amide bonds. The van der Waals surface area contributed by atoms with Gasteiger partial charge in [0.2, 0.25) is 0 Å². The van der Waals surface area contributed by atoms with Crippen LogP contribution in [0.4, 0.5) is 5.88 Å². The molecule has 1 fully saturated rings. The molecular weight excluding hydrogens is 246 g/mol. The molecule has 19 heavy (non-hydrogen) atoms. The number of likely N-dealkylation sites (tertiary alicyclic amines) is 1. The van der Waals surface area contributed by atoms with Crippen LogP contribution >= 0.6 is 0 Å². The van der Waals surface area contributed by atoms with E-state index in [9.17, 15) is 10.1 Å². The molecule has 6 nitrogen and oxygen atoms in total. The van der Waals surface area contributed by atoms with Gasteiger partial charge in [0.15, 0.2) is 0 Å². The van der Waals surface area contributed by atoms with Crippen LogP contribution in [-0.4, -0.2) is 29.0 Å². The molecule has 2 N–H and O–H groups in total. The smallest absolute Gasteiger partial charge is 0.404 e. The average molecular weight is 267 g/mol. The Morgan fingerprint density at radius 3 is 2.89 bits per heavy atom. The van der Waals surface area contributed by atoms with E-state index in [4.69, 9.17) is 10.2 Å². The molecule has 106 valence electrons. The molecule has 0 spiro atoms. The fourth-order valence-corrected chi connectivity index (χ4v) is 2.76. The van der Waals surface area contributed by atoms with Crippen molar-refractivity contribution in [2.45, 2.75) is 38.8 Å². The zero-order valence-corrected chi connectivity index (χ0v) is 11.4. The van der Waals surface area contributed by atoms with Crippen LogP contribution in [0, 0.1) is 16.0 Å². The fourth-order valence-electron chi connectivity index (χ4n) is 2.76. The molecule has 0 aliphatic carbocycles. The standard InChI is InChI=1S/C13H21N3O3/c1-9(2)8-15-7-3-4-10(14)13(15)11-5-6-12(19-11)16(17)18/h5-6,9-10,13H,3-4,7-8,14H2,1-2H3. The Balaban J connectivity index is 2.22. The predicted molar refractivity (Wildman–Crippen MR) is 71.7 cm³/mol. The molecular formula is C13H21N3O3. The molecule has 1 saturated heterocycles. The van der Waals surface area contributed by atoms with Crippen LogP contribution in [-0.2, 0) is 0 Å². The third-order valence-electron chi connectivity index (χ3n) is 3.47. The van der Waals surface area contributed by atoms with Gasteiger partial charge in [0, 0.05) is 12.6 Å². The van der Waals surface area contributed by atoms with E-state index in [1.54, 1.807) is 6.07 Å². The van der Waals surface area contributed by atoms with Gasteiger partial charge >= 0.3 is 5.88 Å². The van der Waals surface area contributed by atoms with E-state index in [2.05, 4.69) is 18.7 Å². The predicted octanol–water partition coefficient (Wildman–Crippen LogP) is 2.31. The van der Waals surface area contributed by atoms with Crippen molar-refractivity contribution >= 4 is 5.88 Å². The van der Waals surface area contributed by atoms with E-state index in [-0.39, 0.29) is 18.0 Å². The van der Waals surface area contributed by atoms with Crippen molar-refractivity contribution < 1.29 is 9.34 Å². The van der Waals surface area contributed by atoms with E-state index in [1.165, 1.54) is 6.07 Å². The van der Waals surface area contributed by atoms with Gasteiger partial charge in [-0.3, -0.25) is 15.0 Å². The highest BCUT2D eigenvalue weighted by Gasteiger charge is 2.33. The van der Waals surface area contributed by atoms with Gasteiger partial charge in [-0.15, -0.1) is 0 Å². The Morgan fingerprint density at radius 2 is 2.32 bits per heavy atom. The van der Waals surface area contributed by atoms with Crippen molar-refractivity contribution in [3.8, 4) is 0 Å². The molecule has 0 saturated carbocycles. The molecule has 0 radical (unpaired) electrons. The Bertz CT molecular complexity index is 444. The van der Waals surface area contributed by atoms with Crippen LogP contribution in [0.3, 0.4) is 0 Å². The molecule has 1 aliphatic rings. The molecule has 1 aromatic rings. The second kappa shape index (κ2) is 5.71. The maximum absolute atomic E-state index is 10.7. The van der Waals surface area contributed by atoms with Crippen LogP contribution in [0.1, 0.15) is 38.5 Å². The van der Waals surface area contributed by atoms with Crippen molar-refractivity contribution in [2.75, 3.05) is 13.1 Å². The van der Waals surface area contributed by atoms with Crippen molar-refractivity contribution in [3.05, 3.63) is 28.0 Å². The number of furan rings is 1. The average Bonchev–Trinajstić information content (AvgIpc) is 2.77. The molecule has 1 aliphatic heterocycles. The first kappa shape index (κ1) is 14.0. The van der Waals surface area contributed by atoms with Crippen LogP contribution in [0.25, 0.3) is 0 Å². The van der Waals surface area contributed by atoms with Crippen molar-refractivity contribution in [2.24, 2.45) is 11.7 Å². The van der Waals surface area contributed by atoms with Gasteiger partial charge in [-0.1, -0.05) is 13.8 Å². The lowest BCUT2D eigenvalue weighted by molar-refractivity contribution is -0.402. The van der Waals surface area contributed by atoms with Crippen molar-refractivity contribution in [1.82, 2.24) is 4.90 Å². The summed E-state index contributed by atoms with van der Waals surface area (Å²) in [5.41, 5.74) is 6.19. The topological polar surface area (TPSA) is 85.5 Å². The number of piperidine rings is 1. The van der Waals surface area contributed by atoms with E-state index < -0.39 is 4.92 Å². The lowest BCUT2D eigenvalue weighted by Crippen LogP contribution is -2.46. The SMILES string of the molecule is CC(C)CN1CCCC(N)C1c1ccc([N+](=O)[O-])o1. The van der Waals surface area contributed by atoms with E-state index in [0.717, 1.165) is 25.9 Å². The summed E-state index contributed by atoms with van der Waals surface area (Å²) in [6.45, 7) is 6.20. The second-order valence-corrected chi connectivity index (χ2v) is 5.57. The Morgan fingerprint density at radius 1 is 1.58 bits per heavy atom. The summed E-state index contributed by atoms with van der Waals surface area (Å²) in [6.07, 6.45) is 1.99. The lowest BCUT2D eigenvalue weighted by atomic mass is 9.94. The molecule has 6 heteroatoms. The van der Waals surface area contributed by atoms with Crippen LogP contribution in [0.15, 0.2) is 16.5 Å². The van der Waals surface area contributed by atoms with E-state index >= 15 is 0 Å². The van der Waals surface area contributed by atoms with Gasteiger partial charge in [0.05, 0.1) is 12.1 Å². The molecule has 1 aromatic heterocycles. The van der Waals surface area contributed by atoms with Crippen LogP contribution in [0.5, 0.6) is 0 Å². The fraction of sp³-hybridized carbons (Fsp3) is 0.692. The minimum Gasteiger partial charge on any atom is -0.404 e. The molecule has 0 aromatic carbocycles. The summed E-state index contributed by atoms with van der Waals surface area (Å²) in [4.78, 5) is 12.5. The number of rotatable bonds is 4. The maximum Gasteiger partial charge on any atom is 0.433 e. The molecule has 2 unspecified atom stereocenters. The summed E-state index contributed by atoms with van der Waals surface area (Å²) in [5, 5.41) is 10.7. The Labute approximate surface area is 112 Å². The summed E-state index contributed by atoms with van der Waals surface area (Å²) in [5.74, 6) is 0.926. The zero-order valence-electron chi connectivity index (χ0n) is 11.4. The first-order chi connectivity index (χ1) is 8.99. The summed E-state index contributed by atoms with van der Waals surface area (Å²) >= 11 is 0. The number of nitro groups is 1. The minimum absolute atomic E-state index is 0.0294. The Hall–Kier alpha value is -1.40. The summed E-state index contributed by atoms with van der Waals surface area (Å²) in [6, 6.07) is 3.01. The van der Waals surface area contributed by atoms with Gasteiger partial charge in [-0.05, 0) is 31.4 Å². The maximum atomic E-state index is 10.7. The number of hydrogen-bond donors (Lipinski definition) is 1. The van der Waals surface area contributed by atoms with Crippen LogP contribution < -0.4 is 5.73 Å². The van der Waals surface area contributed by atoms with Gasteiger partial charge < -0.3 is 10.2 Å². The third kappa shape index (κ3) is 3.13. The second-order valence-electron chi connectivity index (χ2n) is 5.57. The van der Waals surface area contributed by atoms with Gasteiger partial charge in [-0.25, -0.2) is 0 Å². The quantitative estimate of drug-likeness (QED) is 0.668. The van der Waals surface area contributed by atoms with Crippen molar-refractivity contribution in [3.63, 3.8) is 0 Å². The molecule has 2 heterocycles. The highest BCUT2D eigenvalue weighted by Crippen LogP contribution is 2.33. The third-order valence-corrected chi connectivity index (χ3v) is 3.47. The van der Waals surface area contributed by atoms with Gasteiger partial charge in [-0.2, -0.15) is 0 Å². The minimum atomic E-state index is -0.509. The normalized spacial score (nSPS) is 24.8. The first-order valence-corrected chi connectivity index (χ1v) is 6.72. The summed E-state index contributed by atoms with van der Waals surface area (Å²) < 4.78 is 5.35. The number of nitrogens with zero attached hydrogens (tertiary/aromatic N) is 2. The van der Waals surface area contributed by atoms with E-state index in [0.29, 0.717) is 11.7 Å². The highest BCUT2D eigenvalue weighted by molar-refractivity contribution is 5.21. The van der Waals surface area contributed by atoms with E-state index in [1.807, 2.05) is 0 Å². The van der Waals surface area contributed by atoms with Crippen molar-refractivity contribution in [1.29, 1.82) is 0 Å². The number of hydrogen-bond acceptors (Lipinski definition) is 5. The highest BCUT2D eigenvalue weighted by atomic mass is 16.6. The molecule has 0 bridgehead atoms. The molecule has 2 rings (SSSR count). The zero-order chi connectivity index (χ0) is 14.0. The monoisotopic (exact) mass is 267 g/mol.